The molecule has 1 aliphatic rings. The third kappa shape index (κ3) is 4.60. The van der Waals surface area contributed by atoms with Crippen molar-refractivity contribution in [2.75, 3.05) is 34.4 Å². The van der Waals surface area contributed by atoms with Gasteiger partial charge < -0.3 is 19.3 Å². The third-order valence-electron chi connectivity index (χ3n) is 5.36. The Hall–Kier alpha value is -2.44. The molecule has 0 radical (unpaired) electrons. The summed E-state index contributed by atoms with van der Waals surface area (Å²) in [6.45, 7) is 1.27. The van der Waals surface area contributed by atoms with Crippen molar-refractivity contribution < 1.29 is 24.1 Å². The Kier molecular flexibility index (Phi) is 6.87. The molecule has 2 aromatic rings. The molecule has 1 heterocycles. The SMILES string of the molecule is COc1cc(C(c2ccc(Cl)cc2)N2CCCC(C(=O)O)C2)cc(OC)c1OC. The highest BCUT2D eigenvalue weighted by Crippen LogP contribution is 2.43. The molecule has 29 heavy (non-hydrogen) atoms. The smallest absolute Gasteiger partial charge is 0.307 e. The van der Waals surface area contributed by atoms with Crippen LogP contribution in [0.4, 0.5) is 0 Å². The molecule has 2 aromatic carbocycles. The molecule has 0 saturated carbocycles. The summed E-state index contributed by atoms with van der Waals surface area (Å²) in [6, 6.07) is 11.3. The third-order valence-corrected chi connectivity index (χ3v) is 5.61. The maximum Gasteiger partial charge on any atom is 0.307 e. The second kappa shape index (κ2) is 9.37. The number of benzene rings is 2. The number of hydrogen-bond donors (Lipinski definition) is 1. The number of likely N-dealkylation sites (tertiary alicyclic amines) is 1. The van der Waals surface area contributed by atoms with Crippen LogP contribution >= 0.6 is 11.6 Å². The second-order valence-corrected chi connectivity index (χ2v) is 7.52. The fraction of sp³-hybridized carbons (Fsp3) is 0.409. The van der Waals surface area contributed by atoms with E-state index in [9.17, 15) is 9.90 Å². The molecule has 0 aliphatic carbocycles. The van der Waals surface area contributed by atoms with Crippen molar-refractivity contribution in [1.29, 1.82) is 0 Å². The fourth-order valence-corrected chi connectivity index (χ4v) is 4.09. The average molecular weight is 420 g/mol. The van der Waals surface area contributed by atoms with Crippen LogP contribution in [0.3, 0.4) is 0 Å². The van der Waals surface area contributed by atoms with Crippen LogP contribution < -0.4 is 14.2 Å². The van der Waals surface area contributed by atoms with Gasteiger partial charge >= 0.3 is 5.97 Å². The van der Waals surface area contributed by atoms with E-state index in [0.29, 0.717) is 35.2 Å². The van der Waals surface area contributed by atoms with Gasteiger partial charge in [0.05, 0.1) is 33.3 Å². The van der Waals surface area contributed by atoms with Crippen LogP contribution in [0, 0.1) is 5.92 Å². The Bertz CT molecular complexity index is 830. The zero-order valence-corrected chi connectivity index (χ0v) is 17.6. The lowest BCUT2D eigenvalue weighted by molar-refractivity contribution is -0.143. The van der Waals surface area contributed by atoms with Crippen LogP contribution in [0.5, 0.6) is 17.2 Å². The van der Waals surface area contributed by atoms with Gasteiger partial charge in [0, 0.05) is 11.6 Å². The normalized spacial score (nSPS) is 18.1. The van der Waals surface area contributed by atoms with Gasteiger partial charge in [0.15, 0.2) is 11.5 Å². The van der Waals surface area contributed by atoms with Crippen molar-refractivity contribution in [3.05, 3.63) is 52.5 Å². The number of carbonyl (C=O) groups is 1. The monoisotopic (exact) mass is 419 g/mol. The molecule has 7 heteroatoms. The molecule has 0 aromatic heterocycles. The Morgan fingerprint density at radius 1 is 1.07 bits per heavy atom. The van der Waals surface area contributed by atoms with Crippen LogP contribution in [0.2, 0.25) is 5.02 Å². The van der Waals surface area contributed by atoms with Crippen LogP contribution in [0.1, 0.15) is 30.0 Å². The zero-order chi connectivity index (χ0) is 21.0. The van der Waals surface area contributed by atoms with Gasteiger partial charge in [-0.2, -0.15) is 0 Å². The molecule has 1 aliphatic heterocycles. The van der Waals surface area contributed by atoms with Crippen LogP contribution in [0.15, 0.2) is 36.4 Å². The number of aliphatic carboxylic acids is 1. The van der Waals surface area contributed by atoms with Gasteiger partial charge in [-0.1, -0.05) is 23.7 Å². The van der Waals surface area contributed by atoms with E-state index in [4.69, 9.17) is 25.8 Å². The lowest BCUT2D eigenvalue weighted by atomic mass is 9.91. The van der Waals surface area contributed by atoms with E-state index < -0.39 is 5.97 Å². The van der Waals surface area contributed by atoms with Crippen molar-refractivity contribution in [2.24, 2.45) is 5.92 Å². The standard InChI is InChI=1S/C22H26ClNO5/c1-27-18-11-16(12-19(28-2)21(18)29-3)20(14-6-8-17(23)9-7-14)24-10-4-5-15(13-24)22(25)26/h6-9,11-12,15,20H,4-5,10,13H2,1-3H3,(H,25,26). The van der Waals surface area contributed by atoms with E-state index in [1.165, 1.54) is 0 Å². The summed E-state index contributed by atoms with van der Waals surface area (Å²) in [6.07, 6.45) is 1.51. The zero-order valence-electron chi connectivity index (χ0n) is 16.9. The topological polar surface area (TPSA) is 68.2 Å². The van der Waals surface area contributed by atoms with Crippen molar-refractivity contribution in [3.63, 3.8) is 0 Å². The van der Waals surface area contributed by atoms with Crippen molar-refractivity contribution in [1.82, 2.24) is 4.90 Å². The van der Waals surface area contributed by atoms with E-state index in [0.717, 1.165) is 24.1 Å². The minimum absolute atomic E-state index is 0.164. The van der Waals surface area contributed by atoms with E-state index in [-0.39, 0.29) is 12.0 Å². The van der Waals surface area contributed by atoms with Crippen LogP contribution in [-0.4, -0.2) is 50.4 Å². The molecule has 0 amide bonds. The van der Waals surface area contributed by atoms with Gasteiger partial charge in [0.2, 0.25) is 5.75 Å². The van der Waals surface area contributed by atoms with E-state index in [1.54, 1.807) is 21.3 Å². The molecule has 1 fully saturated rings. The highest BCUT2D eigenvalue weighted by atomic mass is 35.5. The maximum absolute atomic E-state index is 11.6. The number of carboxylic acids is 1. The maximum atomic E-state index is 11.6. The molecule has 2 atom stereocenters. The summed E-state index contributed by atoms with van der Waals surface area (Å²) in [7, 11) is 4.73. The van der Waals surface area contributed by atoms with Gasteiger partial charge in [-0.3, -0.25) is 9.69 Å². The van der Waals surface area contributed by atoms with Gasteiger partial charge in [-0.05, 0) is 54.8 Å². The molecule has 0 bridgehead atoms. The molecule has 0 spiro atoms. The summed E-state index contributed by atoms with van der Waals surface area (Å²) in [5.41, 5.74) is 1.96. The lowest BCUT2D eigenvalue weighted by Gasteiger charge is -2.38. The van der Waals surface area contributed by atoms with Gasteiger partial charge in [0.25, 0.3) is 0 Å². The Morgan fingerprint density at radius 2 is 1.69 bits per heavy atom. The predicted molar refractivity (Wildman–Crippen MR) is 111 cm³/mol. The Balaban J connectivity index is 2.10. The van der Waals surface area contributed by atoms with E-state index >= 15 is 0 Å². The molecule has 2 unspecified atom stereocenters. The summed E-state index contributed by atoms with van der Waals surface area (Å²) in [5, 5.41) is 10.2. The minimum atomic E-state index is -0.755. The Labute approximate surface area is 175 Å². The van der Waals surface area contributed by atoms with Gasteiger partial charge in [0.1, 0.15) is 0 Å². The molecule has 3 rings (SSSR count). The average Bonchev–Trinajstić information content (AvgIpc) is 2.74. The number of piperidine rings is 1. The highest BCUT2D eigenvalue weighted by Gasteiger charge is 2.32. The summed E-state index contributed by atoms with van der Waals surface area (Å²) < 4.78 is 16.5. The van der Waals surface area contributed by atoms with Crippen molar-refractivity contribution in [2.45, 2.75) is 18.9 Å². The number of nitrogens with zero attached hydrogens (tertiary/aromatic N) is 1. The minimum Gasteiger partial charge on any atom is -0.493 e. The van der Waals surface area contributed by atoms with Crippen molar-refractivity contribution in [3.8, 4) is 17.2 Å². The molecular formula is C22H26ClNO5. The van der Waals surface area contributed by atoms with Gasteiger partial charge in [-0.25, -0.2) is 0 Å². The summed E-state index contributed by atoms with van der Waals surface area (Å²) in [5.74, 6) is 0.505. The molecule has 1 saturated heterocycles. The molecule has 156 valence electrons. The molecular weight excluding hydrogens is 394 g/mol. The van der Waals surface area contributed by atoms with E-state index in [2.05, 4.69) is 4.90 Å². The second-order valence-electron chi connectivity index (χ2n) is 7.09. The summed E-state index contributed by atoms with van der Waals surface area (Å²) >= 11 is 6.10. The van der Waals surface area contributed by atoms with Crippen LogP contribution in [0.25, 0.3) is 0 Å². The first kappa shape index (κ1) is 21.3. The number of methoxy groups -OCH3 is 3. The largest absolute Gasteiger partial charge is 0.493 e. The number of hydrogen-bond acceptors (Lipinski definition) is 5. The number of rotatable bonds is 7. The molecule has 1 N–H and O–H groups in total. The first-order valence-electron chi connectivity index (χ1n) is 9.50. The number of halogens is 1. The summed E-state index contributed by atoms with van der Waals surface area (Å²) in [4.78, 5) is 13.8. The van der Waals surface area contributed by atoms with Crippen LogP contribution in [-0.2, 0) is 4.79 Å². The first-order chi connectivity index (χ1) is 14.0. The fourth-order valence-electron chi connectivity index (χ4n) is 3.96. The quantitative estimate of drug-likeness (QED) is 0.723. The van der Waals surface area contributed by atoms with Gasteiger partial charge in [-0.15, -0.1) is 0 Å². The molecule has 6 nitrogen and oxygen atoms in total. The Morgan fingerprint density at radius 3 is 2.21 bits per heavy atom. The number of ether oxygens (including phenoxy) is 3. The van der Waals surface area contributed by atoms with Crippen molar-refractivity contribution >= 4 is 17.6 Å². The first-order valence-corrected chi connectivity index (χ1v) is 9.88. The van der Waals surface area contributed by atoms with E-state index in [1.807, 2.05) is 36.4 Å². The predicted octanol–water partition coefficient (Wildman–Crippen LogP) is 4.25. The highest BCUT2D eigenvalue weighted by molar-refractivity contribution is 6.30. The number of carboxylic acid groups (broad SMARTS) is 1. The lowest BCUT2D eigenvalue weighted by Crippen LogP contribution is -2.41.